The van der Waals surface area contributed by atoms with Gasteiger partial charge in [0.05, 0.1) is 6.20 Å². The van der Waals surface area contributed by atoms with Crippen LogP contribution in [0, 0.1) is 0 Å². The molecule has 0 saturated carbocycles. The number of carbonyl (C=O) groups is 2. The summed E-state index contributed by atoms with van der Waals surface area (Å²) in [7, 11) is 0. The van der Waals surface area contributed by atoms with Crippen LogP contribution in [0.5, 0.6) is 0 Å². The van der Waals surface area contributed by atoms with Gasteiger partial charge in [-0.05, 0) is 42.9 Å². The number of ether oxygens (including phenoxy) is 2. The molecule has 1 N–H and O–H groups in total. The smallest absolute Gasteiger partial charge is 0.442 e. The maximum atomic E-state index is 13.2. The van der Waals surface area contributed by atoms with Gasteiger partial charge in [-0.15, -0.1) is 5.43 Å². The third-order valence-electron chi connectivity index (χ3n) is 4.56. The molecule has 162 valence electrons. The van der Waals surface area contributed by atoms with Crippen LogP contribution in [0.4, 0.5) is 9.59 Å². The van der Waals surface area contributed by atoms with Crippen LogP contribution in [0.1, 0.15) is 38.3 Å². The maximum Gasteiger partial charge on any atom is 0.553 e. The van der Waals surface area contributed by atoms with Crippen LogP contribution in [-0.4, -0.2) is 28.2 Å². The van der Waals surface area contributed by atoms with Gasteiger partial charge in [0.2, 0.25) is 5.84 Å². The van der Waals surface area contributed by atoms with Crippen molar-refractivity contribution in [2.24, 2.45) is 4.99 Å². The van der Waals surface area contributed by atoms with Crippen molar-refractivity contribution in [3.63, 3.8) is 0 Å². The summed E-state index contributed by atoms with van der Waals surface area (Å²) in [6.07, 6.45) is 2.72. The van der Waals surface area contributed by atoms with E-state index in [2.05, 4.69) is 10.4 Å². The van der Waals surface area contributed by atoms with Crippen molar-refractivity contribution in [2.75, 3.05) is 0 Å². The Bertz CT molecular complexity index is 965. The minimum atomic E-state index is -0.742. The summed E-state index contributed by atoms with van der Waals surface area (Å²) in [6, 6.07) is 19.2. The molecule has 7 heteroatoms. The van der Waals surface area contributed by atoms with Gasteiger partial charge < -0.3 is 9.47 Å². The van der Waals surface area contributed by atoms with Crippen LogP contribution in [0.15, 0.2) is 78.1 Å². The van der Waals surface area contributed by atoms with E-state index in [4.69, 9.17) is 9.47 Å². The third-order valence-corrected chi connectivity index (χ3v) is 4.56. The Balaban J connectivity index is 1.76. The molecule has 0 saturated heterocycles. The highest BCUT2D eigenvalue weighted by molar-refractivity contribution is 5.89. The highest BCUT2D eigenvalue weighted by atomic mass is 16.6. The normalized spacial score (nSPS) is 17.7. The molecule has 3 rings (SSSR count). The fourth-order valence-electron chi connectivity index (χ4n) is 3.09. The molecule has 31 heavy (non-hydrogen) atoms. The van der Waals surface area contributed by atoms with Gasteiger partial charge in [-0.25, -0.2) is 9.79 Å². The lowest BCUT2D eigenvalue weighted by atomic mass is 10.1. The molecule has 0 aromatic heterocycles. The van der Waals surface area contributed by atoms with Crippen molar-refractivity contribution < 1.29 is 23.7 Å². The highest BCUT2D eigenvalue weighted by Gasteiger charge is 2.49. The molecule has 0 aliphatic carbocycles. The second-order valence-electron chi connectivity index (χ2n) is 8.21. The highest BCUT2D eigenvalue weighted by Crippen LogP contribution is 2.23. The molecule has 0 bridgehead atoms. The van der Waals surface area contributed by atoms with Crippen LogP contribution in [-0.2, 0) is 22.5 Å². The van der Waals surface area contributed by atoms with Crippen molar-refractivity contribution in [3.05, 3.63) is 84.2 Å². The molecule has 0 radical (unpaired) electrons. The second-order valence-corrected chi connectivity index (χ2v) is 8.21. The van der Waals surface area contributed by atoms with Crippen LogP contribution in [0.25, 0.3) is 0 Å². The van der Waals surface area contributed by atoms with Gasteiger partial charge in [-0.1, -0.05) is 60.7 Å². The molecule has 1 unspecified atom stereocenters. The SMILES string of the molecule is CC(C)(C)OC(=O)[N+]1(NC(=O)OCc2ccccc2)C=CN=C1CCc1ccccc1. The average Bonchev–Trinajstić information content (AvgIpc) is 3.14. The first-order valence-corrected chi connectivity index (χ1v) is 10.2. The minimum Gasteiger partial charge on any atom is -0.442 e. The van der Waals surface area contributed by atoms with Crippen molar-refractivity contribution in [3.8, 4) is 0 Å². The summed E-state index contributed by atoms with van der Waals surface area (Å²) in [5.41, 5.74) is 3.87. The molecular formula is C24H28N3O4+. The van der Waals surface area contributed by atoms with Gasteiger partial charge in [-0.2, -0.15) is 4.79 Å². The molecule has 2 aromatic carbocycles. The first kappa shape index (κ1) is 22.2. The van der Waals surface area contributed by atoms with Gasteiger partial charge in [0, 0.05) is 6.42 Å². The Labute approximate surface area is 182 Å². The van der Waals surface area contributed by atoms with Gasteiger partial charge in [0.15, 0.2) is 6.20 Å². The minimum absolute atomic E-state index is 0.0845. The van der Waals surface area contributed by atoms with Crippen molar-refractivity contribution in [2.45, 2.75) is 45.8 Å². The zero-order chi connectivity index (χ0) is 22.3. The molecule has 1 heterocycles. The van der Waals surface area contributed by atoms with E-state index in [-0.39, 0.29) is 6.61 Å². The molecule has 1 atom stereocenters. The first-order chi connectivity index (χ1) is 14.8. The largest absolute Gasteiger partial charge is 0.553 e. The van der Waals surface area contributed by atoms with E-state index in [0.29, 0.717) is 18.7 Å². The zero-order valence-electron chi connectivity index (χ0n) is 18.1. The van der Waals surface area contributed by atoms with E-state index >= 15 is 0 Å². The van der Waals surface area contributed by atoms with Gasteiger partial charge in [-0.3, -0.25) is 0 Å². The maximum absolute atomic E-state index is 13.2. The van der Waals surface area contributed by atoms with E-state index in [9.17, 15) is 9.59 Å². The standard InChI is InChI=1S/C24H27N3O4/c1-24(2,3)31-23(29)27(26-22(28)30-18-20-12-8-5-9-13-20)17-16-25-21(27)15-14-19-10-6-4-7-11-19/h4-13,16-17H,14-15,18H2,1-3H3/p+1. The number of aliphatic imine (C=N–C) groups is 1. The molecule has 2 amide bonds. The number of hydrogen-bond acceptors (Lipinski definition) is 5. The van der Waals surface area contributed by atoms with Crippen molar-refractivity contribution in [1.82, 2.24) is 5.43 Å². The Morgan fingerprint density at radius 2 is 1.55 bits per heavy atom. The molecular weight excluding hydrogens is 394 g/mol. The number of nitrogens with one attached hydrogen (secondary N) is 1. The van der Waals surface area contributed by atoms with Gasteiger partial charge >= 0.3 is 12.2 Å². The Morgan fingerprint density at radius 3 is 2.16 bits per heavy atom. The fourth-order valence-corrected chi connectivity index (χ4v) is 3.09. The third kappa shape index (κ3) is 6.02. The van der Waals surface area contributed by atoms with E-state index in [1.165, 1.54) is 12.4 Å². The summed E-state index contributed by atoms with van der Waals surface area (Å²) in [5.74, 6) is 0.453. The number of benzene rings is 2. The number of hydrogen-bond donors (Lipinski definition) is 1. The predicted octanol–water partition coefficient (Wildman–Crippen LogP) is 5.10. The molecule has 1 aliphatic rings. The van der Waals surface area contributed by atoms with Crippen molar-refractivity contribution in [1.29, 1.82) is 0 Å². The van der Waals surface area contributed by atoms with Crippen LogP contribution in [0.3, 0.4) is 0 Å². The van der Waals surface area contributed by atoms with E-state index in [0.717, 1.165) is 11.1 Å². The lowest BCUT2D eigenvalue weighted by Crippen LogP contribution is -2.63. The van der Waals surface area contributed by atoms with E-state index in [1.54, 1.807) is 20.8 Å². The van der Waals surface area contributed by atoms with Crippen LogP contribution >= 0.6 is 0 Å². The molecule has 7 nitrogen and oxygen atoms in total. The summed E-state index contributed by atoms with van der Waals surface area (Å²) in [4.78, 5) is 30.1. The molecule has 0 spiro atoms. The number of amidine groups is 1. The number of carbonyl (C=O) groups excluding carboxylic acids is 2. The first-order valence-electron chi connectivity index (χ1n) is 10.2. The summed E-state index contributed by atoms with van der Waals surface area (Å²) < 4.78 is 10.3. The quantitative estimate of drug-likeness (QED) is 0.681. The van der Waals surface area contributed by atoms with Gasteiger partial charge in [0.25, 0.3) is 0 Å². The average molecular weight is 423 g/mol. The number of quaternary nitrogens is 1. The van der Waals surface area contributed by atoms with E-state index < -0.39 is 22.4 Å². The number of amides is 2. The Kier molecular flexibility index (Phi) is 6.87. The van der Waals surface area contributed by atoms with E-state index in [1.807, 2.05) is 60.7 Å². The number of aryl methyl sites for hydroxylation is 1. The number of nitrogens with zero attached hydrogens (tertiary/aromatic N) is 2. The Hall–Kier alpha value is -3.45. The summed E-state index contributed by atoms with van der Waals surface area (Å²) in [5, 5.41) is 0. The molecule has 0 fully saturated rings. The second kappa shape index (κ2) is 9.57. The molecule has 1 aliphatic heterocycles. The van der Waals surface area contributed by atoms with Crippen LogP contribution in [0.2, 0.25) is 0 Å². The monoisotopic (exact) mass is 422 g/mol. The fraction of sp³-hybridized carbons (Fsp3) is 0.292. The number of rotatable bonds is 5. The topological polar surface area (TPSA) is 77.0 Å². The lowest BCUT2D eigenvalue weighted by molar-refractivity contribution is -0.752. The summed E-state index contributed by atoms with van der Waals surface area (Å²) in [6.45, 7) is 5.41. The Morgan fingerprint density at radius 1 is 0.935 bits per heavy atom. The zero-order valence-corrected chi connectivity index (χ0v) is 18.1. The van der Waals surface area contributed by atoms with Gasteiger partial charge in [0.1, 0.15) is 12.2 Å². The molecule has 2 aromatic rings. The summed E-state index contributed by atoms with van der Waals surface area (Å²) >= 11 is 0. The predicted molar refractivity (Wildman–Crippen MR) is 118 cm³/mol. The van der Waals surface area contributed by atoms with Crippen molar-refractivity contribution >= 4 is 18.0 Å². The lowest BCUT2D eigenvalue weighted by Gasteiger charge is -2.30. The van der Waals surface area contributed by atoms with Crippen LogP contribution < -0.4 is 5.43 Å².